The Labute approximate surface area is 190 Å². The standard InChI is InChI=1S/C9H5ClFNO.C9H7N.C8H8O/c10-8-3-7-5-12(13)2-1-6(7)4-9(8)11;1-2-4-9-7-10-6-5-8(9)3-1;1-7-4-2-3-5-8(7)6-9/h1-5H;1-7H;2-6H,1H3. The molecule has 4 nitrogen and oxygen atoms in total. The molecule has 2 heterocycles. The number of aryl methyl sites for hydroxylation is 1. The van der Waals surface area contributed by atoms with Gasteiger partial charge in [0.25, 0.3) is 0 Å². The molecule has 0 spiro atoms. The fourth-order valence-electron chi connectivity index (χ4n) is 2.91. The first kappa shape index (κ1) is 22.8. The Hall–Kier alpha value is -3.83. The maximum atomic E-state index is 12.9. The normalized spacial score (nSPS) is 9.97. The lowest BCUT2D eigenvalue weighted by atomic mass is 10.1. The molecule has 0 aliphatic rings. The maximum absolute atomic E-state index is 12.9. The molecule has 160 valence electrons. The molecule has 0 aliphatic heterocycles. The number of pyridine rings is 2. The zero-order chi connectivity index (χ0) is 22.9. The summed E-state index contributed by atoms with van der Waals surface area (Å²) >= 11 is 5.55. The van der Waals surface area contributed by atoms with Gasteiger partial charge in [-0.25, -0.2) is 4.39 Å². The SMILES string of the molecule is Cc1ccccc1C=O.[O-][n+]1ccc2cc(F)c(Cl)cc2c1.c1ccc2cnccc2c1. The Morgan fingerprint density at radius 3 is 2.34 bits per heavy atom. The van der Waals surface area contributed by atoms with E-state index in [0.717, 1.165) is 17.4 Å². The molecule has 0 N–H and O–H groups in total. The van der Waals surface area contributed by atoms with Crippen molar-refractivity contribution in [3.8, 4) is 0 Å². The summed E-state index contributed by atoms with van der Waals surface area (Å²) in [6, 6.07) is 22.0. The largest absolute Gasteiger partial charge is 0.619 e. The number of rotatable bonds is 1. The van der Waals surface area contributed by atoms with Crippen LogP contribution in [0.15, 0.2) is 97.6 Å². The molecule has 2 aromatic heterocycles. The third-order valence-electron chi connectivity index (χ3n) is 4.66. The lowest BCUT2D eigenvalue weighted by Crippen LogP contribution is -2.23. The minimum absolute atomic E-state index is 0.0266. The lowest BCUT2D eigenvalue weighted by molar-refractivity contribution is -0.603. The van der Waals surface area contributed by atoms with Gasteiger partial charge in [-0.3, -0.25) is 9.78 Å². The van der Waals surface area contributed by atoms with Crippen LogP contribution in [0, 0.1) is 17.9 Å². The molecular formula is C26H20ClFN2O2. The predicted octanol–water partition coefficient (Wildman–Crippen LogP) is 6.31. The monoisotopic (exact) mass is 446 g/mol. The summed E-state index contributed by atoms with van der Waals surface area (Å²) in [5.74, 6) is -0.474. The molecule has 5 aromatic rings. The van der Waals surface area contributed by atoms with Gasteiger partial charge in [0.05, 0.1) is 5.02 Å². The number of hydrogen-bond donors (Lipinski definition) is 0. The summed E-state index contributed by atoms with van der Waals surface area (Å²) in [4.78, 5) is 14.2. The van der Waals surface area contributed by atoms with Gasteiger partial charge in [-0.1, -0.05) is 60.1 Å². The highest BCUT2D eigenvalue weighted by atomic mass is 35.5. The van der Waals surface area contributed by atoms with E-state index in [9.17, 15) is 14.4 Å². The number of hydrogen-bond acceptors (Lipinski definition) is 3. The number of carbonyl (C=O) groups excluding carboxylic acids is 1. The second-order valence-electron chi connectivity index (χ2n) is 6.90. The van der Waals surface area contributed by atoms with Crippen molar-refractivity contribution >= 4 is 39.4 Å². The second-order valence-corrected chi connectivity index (χ2v) is 7.30. The molecule has 0 saturated heterocycles. The van der Waals surface area contributed by atoms with E-state index in [0.29, 0.717) is 15.5 Å². The number of benzene rings is 3. The average molecular weight is 447 g/mol. The van der Waals surface area contributed by atoms with Gasteiger partial charge in [0.2, 0.25) is 0 Å². The van der Waals surface area contributed by atoms with Crippen molar-refractivity contribution in [1.29, 1.82) is 0 Å². The van der Waals surface area contributed by atoms with Gasteiger partial charge < -0.3 is 5.21 Å². The Balaban J connectivity index is 0.000000138. The van der Waals surface area contributed by atoms with Gasteiger partial charge in [0.15, 0.2) is 12.4 Å². The Morgan fingerprint density at radius 1 is 0.938 bits per heavy atom. The van der Waals surface area contributed by atoms with Crippen LogP contribution < -0.4 is 4.73 Å². The van der Waals surface area contributed by atoms with Gasteiger partial charge in [-0.15, -0.1) is 0 Å². The molecule has 5 rings (SSSR count). The van der Waals surface area contributed by atoms with Crippen molar-refractivity contribution in [3.05, 3.63) is 125 Å². The lowest BCUT2D eigenvalue weighted by Gasteiger charge is -2.00. The van der Waals surface area contributed by atoms with Crippen LogP contribution in [0.2, 0.25) is 5.02 Å². The summed E-state index contributed by atoms with van der Waals surface area (Å²) in [7, 11) is 0. The minimum atomic E-state index is -0.474. The van der Waals surface area contributed by atoms with Crippen molar-refractivity contribution < 1.29 is 13.9 Å². The van der Waals surface area contributed by atoms with Gasteiger partial charge in [-0.05, 0) is 46.8 Å². The third-order valence-corrected chi connectivity index (χ3v) is 4.95. The van der Waals surface area contributed by atoms with Crippen LogP contribution in [-0.4, -0.2) is 11.3 Å². The fourth-order valence-corrected chi connectivity index (χ4v) is 3.09. The quantitative estimate of drug-likeness (QED) is 0.172. The first-order chi connectivity index (χ1) is 15.5. The first-order valence-electron chi connectivity index (χ1n) is 9.75. The summed E-state index contributed by atoms with van der Waals surface area (Å²) in [5, 5.41) is 14.6. The van der Waals surface area contributed by atoms with E-state index in [-0.39, 0.29) is 5.02 Å². The smallest absolute Gasteiger partial charge is 0.188 e. The molecule has 0 amide bonds. The summed E-state index contributed by atoms with van der Waals surface area (Å²) in [5.41, 5.74) is 1.81. The Kier molecular flexibility index (Phi) is 7.84. The summed E-state index contributed by atoms with van der Waals surface area (Å²) in [6.07, 6.45) is 7.21. The van der Waals surface area contributed by atoms with Crippen molar-refractivity contribution in [3.63, 3.8) is 0 Å². The fraction of sp³-hybridized carbons (Fsp3) is 0.0385. The van der Waals surface area contributed by atoms with Gasteiger partial charge >= 0.3 is 0 Å². The molecule has 0 bridgehead atoms. The molecule has 0 unspecified atom stereocenters. The molecule has 6 heteroatoms. The van der Waals surface area contributed by atoms with E-state index in [4.69, 9.17) is 11.6 Å². The molecule has 0 radical (unpaired) electrons. The van der Waals surface area contributed by atoms with Crippen LogP contribution in [0.1, 0.15) is 15.9 Å². The summed E-state index contributed by atoms with van der Waals surface area (Å²) in [6.45, 7) is 1.92. The zero-order valence-corrected chi connectivity index (χ0v) is 18.0. The van der Waals surface area contributed by atoms with E-state index < -0.39 is 5.82 Å². The topological polar surface area (TPSA) is 56.9 Å². The van der Waals surface area contributed by atoms with E-state index in [1.165, 1.54) is 35.3 Å². The van der Waals surface area contributed by atoms with E-state index in [1.807, 2.05) is 61.8 Å². The van der Waals surface area contributed by atoms with Crippen molar-refractivity contribution in [2.75, 3.05) is 0 Å². The zero-order valence-electron chi connectivity index (χ0n) is 17.3. The molecule has 3 aromatic carbocycles. The van der Waals surface area contributed by atoms with Crippen molar-refractivity contribution in [2.24, 2.45) is 0 Å². The number of aromatic nitrogens is 2. The van der Waals surface area contributed by atoms with Crippen molar-refractivity contribution in [1.82, 2.24) is 4.98 Å². The van der Waals surface area contributed by atoms with E-state index in [1.54, 1.807) is 6.07 Å². The van der Waals surface area contributed by atoms with Crippen LogP contribution in [0.4, 0.5) is 4.39 Å². The van der Waals surface area contributed by atoms with E-state index in [2.05, 4.69) is 17.1 Å². The third kappa shape index (κ3) is 6.09. The van der Waals surface area contributed by atoms with Gasteiger partial charge in [0, 0.05) is 29.4 Å². The highest BCUT2D eigenvalue weighted by Crippen LogP contribution is 2.21. The minimum Gasteiger partial charge on any atom is -0.619 e. The highest BCUT2D eigenvalue weighted by molar-refractivity contribution is 6.31. The number of carbonyl (C=O) groups is 1. The second kappa shape index (κ2) is 11.0. The number of fused-ring (bicyclic) bond motifs is 2. The number of halogens is 2. The molecular weight excluding hydrogens is 427 g/mol. The maximum Gasteiger partial charge on any atom is 0.188 e. The van der Waals surface area contributed by atoms with Crippen LogP contribution in [0.3, 0.4) is 0 Å². The van der Waals surface area contributed by atoms with Crippen LogP contribution >= 0.6 is 11.6 Å². The van der Waals surface area contributed by atoms with Gasteiger partial charge in [-0.2, -0.15) is 4.73 Å². The predicted molar refractivity (Wildman–Crippen MR) is 126 cm³/mol. The van der Waals surface area contributed by atoms with Crippen LogP contribution in [0.5, 0.6) is 0 Å². The first-order valence-corrected chi connectivity index (χ1v) is 10.1. The highest BCUT2D eigenvalue weighted by Gasteiger charge is 2.04. The molecule has 0 aliphatic carbocycles. The van der Waals surface area contributed by atoms with Crippen molar-refractivity contribution in [2.45, 2.75) is 6.92 Å². The molecule has 32 heavy (non-hydrogen) atoms. The molecule has 0 saturated carbocycles. The molecule has 0 atom stereocenters. The summed E-state index contributed by atoms with van der Waals surface area (Å²) < 4.78 is 13.6. The Morgan fingerprint density at radius 2 is 1.66 bits per heavy atom. The number of nitrogens with zero attached hydrogens (tertiary/aromatic N) is 2. The molecule has 0 fully saturated rings. The van der Waals surface area contributed by atoms with Gasteiger partial charge in [0.1, 0.15) is 12.1 Å². The Bertz CT molecular complexity index is 1290. The number of aldehydes is 1. The average Bonchev–Trinajstić information content (AvgIpc) is 2.81. The van der Waals surface area contributed by atoms with Crippen LogP contribution in [-0.2, 0) is 0 Å². The van der Waals surface area contributed by atoms with Crippen LogP contribution in [0.25, 0.3) is 21.5 Å². The van der Waals surface area contributed by atoms with E-state index >= 15 is 0 Å².